The molecule has 44 heavy (non-hydrogen) atoms. The molecule has 6 rings (SSSR count). The summed E-state index contributed by atoms with van der Waals surface area (Å²) in [7, 11) is -4.21. The second-order valence-corrected chi connectivity index (χ2v) is 13.1. The molecular formula is C31H33N5O7S. The van der Waals surface area contributed by atoms with E-state index in [1.807, 2.05) is 65.6 Å². The highest BCUT2D eigenvalue weighted by molar-refractivity contribution is 7.89. The fourth-order valence-electron chi connectivity index (χ4n) is 6.09. The van der Waals surface area contributed by atoms with Crippen LogP contribution < -0.4 is 10.6 Å². The van der Waals surface area contributed by atoms with Gasteiger partial charge in [0.2, 0.25) is 21.7 Å². The van der Waals surface area contributed by atoms with E-state index in [1.54, 1.807) is 0 Å². The van der Waals surface area contributed by atoms with Crippen LogP contribution in [0, 0.1) is 16.0 Å². The number of hydrogen-bond acceptors (Lipinski definition) is 9. The van der Waals surface area contributed by atoms with Gasteiger partial charge in [-0.1, -0.05) is 72.8 Å². The Kier molecular flexibility index (Phi) is 8.20. The van der Waals surface area contributed by atoms with Crippen LogP contribution in [-0.4, -0.2) is 79.2 Å². The standard InChI is InChI=1S/C31H33N5O7S/c37-29(33-17-18-34(21-22-15-16-22)44(41,42)28-14-8-7-13-25(28)36(39)40)26-19-32-20-27-30(38)43-31(35(26)27,23-9-3-1-4-10-23)24-11-5-2-6-12-24/h1-14,22,26-27,32H,15-21H2,(H,33,37). The highest BCUT2D eigenvalue weighted by Crippen LogP contribution is 2.45. The van der Waals surface area contributed by atoms with E-state index in [0.717, 1.165) is 12.8 Å². The van der Waals surface area contributed by atoms with E-state index in [0.29, 0.717) is 17.7 Å². The maximum Gasteiger partial charge on any atom is 0.327 e. The fourth-order valence-corrected chi connectivity index (χ4v) is 7.76. The normalized spacial score (nSPS) is 21.4. The van der Waals surface area contributed by atoms with Crippen LogP contribution in [-0.2, 0) is 30.1 Å². The number of ether oxygens (including phenoxy) is 1. The van der Waals surface area contributed by atoms with Crippen molar-refractivity contribution in [3.8, 4) is 0 Å². The fraction of sp³-hybridized carbons (Fsp3) is 0.355. The minimum absolute atomic E-state index is 0.0289. The number of para-hydroxylation sites is 1. The van der Waals surface area contributed by atoms with Crippen LogP contribution in [0.1, 0.15) is 24.0 Å². The van der Waals surface area contributed by atoms with Crippen LogP contribution in [0.5, 0.6) is 0 Å². The van der Waals surface area contributed by atoms with Gasteiger partial charge in [-0.3, -0.25) is 19.7 Å². The van der Waals surface area contributed by atoms with Crippen molar-refractivity contribution < 1.29 is 27.7 Å². The molecule has 13 heteroatoms. The molecule has 0 radical (unpaired) electrons. The lowest BCUT2D eigenvalue weighted by atomic mass is 9.90. The number of nitro benzene ring substituents is 1. The van der Waals surface area contributed by atoms with E-state index >= 15 is 0 Å². The summed E-state index contributed by atoms with van der Waals surface area (Å²) < 4.78 is 34.6. The van der Waals surface area contributed by atoms with Crippen molar-refractivity contribution in [2.24, 2.45) is 5.92 Å². The number of nitrogens with zero attached hydrogens (tertiary/aromatic N) is 3. The Morgan fingerprint density at radius 1 is 1.00 bits per heavy atom. The monoisotopic (exact) mass is 619 g/mol. The number of benzene rings is 3. The summed E-state index contributed by atoms with van der Waals surface area (Å²) in [4.78, 5) is 39.5. The molecule has 3 aliphatic rings. The summed E-state index contributed by atoms with van der Waals surface area (Å²) in [5.41, 5.74) is -0.434. The molecule has 2 atom stereocenters. The molecule has 3 fully saturated rings. The number of cyclic esters (lactones) is 1. The Labute approximate surface area is 255 Å². The Morgan fingerprint density at radius 2 is 1.61 bits per heavy atom. The molecule has 12 nitrogen and oxygen atoms in total. The van der Waals surface area contributed by atoms with Gasteiger partial charge < -0.3 is 15.4 Å². The van der Waals surface area contributed by atoms with Gasteiger partial charge in [0, 0.05) is 49.9 Å². The van der Waals surface area contributed by atoms with Gasteiger partial charge >= 0.3 is 5.97 Å². The maximum absolute atomic E-state index is 13.9. The molecule has 3 aromatic carbocycles. The summed E-state index contributed by atoms with van der Waals surface area (Å²) in [5.74, 6) is -0.684. The first-order valence-corrected chi connectivity index (χ1v) is 16.0. The molecule has 1 saturated carbocycles. The SMILES string of the molecule is O=C(NCCN(CC1CC1)S(=O)(=O)c1ccccc1[N+](=O)[O-])C1CNCC2C(=O)OC(c3ccccc3)(c3ccccc3)N12. The van der Waals surface area contributed by atoms with Crippen LogP contribution in [0.4, 0.5) is 5.69 Å². The molecule has 0 bridgehead atoms. The molecule has 2 unspecified atom stereocenters. The van der Waals surface area contributed by atoms with Gasteiger partial charge in [-0.25, -0.2) is 13.3 Å². The Balaban J connectivity index is 1.26. The molecule has 230 valence electrons. The molecule has 3 aromatic rings. The van der Waals surface area contributed by atoms with Crippen molar-refractivity contribution in [3.63, 3.8) is 0 Å². The predicted octanol–water partition coefficient (Wildman–Crippen LogP) is 2.21. The Morgan fingerprint density at radius 3 is 2.23 bits per heavy atom. The third kappa shape index (κ3) is 5.47. The number of nitrogens with one attached hydrogen (secondary N) is 2. The van der Waals surface area contributed by atoms with Crippen molar-refractivity contribution in [2.75, 3.05) is 32.7 Å². The molecule has 2 N–H and O–H groups in total. The quantitative estimate of drug-likeness (QED) is 0.187. The van der Waals surface area contributed by atoms with Crippen molar-refractivity contribution in [2.45, 2.75) is 35.5 Å². The lowest BCUT2D eigenvalue weighted by molar-refractivity contribution is -0.387. The number of fused-ring (bicyclic) bond motifs is 1. The summed E-state index contributed by atoms with van der Waals surface area (Å²) in [6.07, 6.45) is 1.74. The Hall–Kier alpha value is -4.17. The molecule has 0 aromatic heterocycles. The average molecular weight is 620 g/mol. The van der Waals surface area contributed by atoms with Crippen LogP contribution in [0.25, 0.3) is 0 Å². The number of sulfonamides is 1. The molecule has 1 aliphatic carbocycles. The van der Waals surface area contributed by atoms with Gasteiger partial charge in [0.1, 0.15) is 12.1 Å². The van der Waals surface area contributed by atoms with Crippen LogP contribution in [0.15, 0.2) is 89.8 Å². The smallest absolute Gasteiger partial charge is 0.327 e. The van der Waals surface area contributed by atoms with Crippen molar-refractivity contribution in [1.29, 1.82) is 0 Å². The van der Waals surface area contributed by atoms with Crippen molar-refractivity contribution in [1.82, 2.24) is 19.8 Å². The number of carbonyl (C=O) groups excluding carboxylic acids is 2. The summed E-state index contributed by atoms with van der Waals surface area (Å²) >= 11 is 0. The van der Waals surface area contributed by atoms with Gasteiger partial charge in [-0.05, 0) is 24.8 Å². The zero-order chi connectivity index (χ0) is 30.9. The molecule has 2 aliphatic heterocycles. The summed E-state index contributed by atoms with van der Waals surface area (Å²) in [6, 6.07) is 22.3. The van der Waals surface area contributed by atoms with Crippen molar-refractivity contribution >= 4 is 27.6 Å². The summed E-state index contributed by atoms with van der Waals surface area (Å²) in [5, 5.41) is 17.7. The highest BCUT2D eigenvalue weighted by atomic mass is 32.2. The van der Waals surface area contributed by atoms with E-state index in [4.69, 9.17) is 4.74 Å². The number of rotatable bonds is 11. The third-order valence-electron chi connectivity index (χ3n) is 8.36. The molecule has 1 amide bonds. The van der Waals surface area contributed by atoms with E-state index in [-0.39, 0.29) is 37.0 Å². The average Bonchev–Trinajstić information content (AvgIpc) is 3.82. The van der Waals surface area contributed by atoms with E-state index < -0.39 is 50.3 Å². The van der Waals surface area contributed by atoms with Gasteiger partial charge in [0.25, 0.3) is 5.69 Å². The third-order valence-corrected chi connectivity index (χ3v) is 10.3. The second kappa shape index (κ2) is 12.1. The number of amides is 1. The lowest BCUT2D eigenvalue weighted by Crippen LogP contribution is -2.66. The minimum atomic E-state index is -4.21. The Bertz CT molecular complexity index is 1610. The molecule has 2 saturated heterocycles. The second-order valence-electron chi connectivity index (χ2n) is 11.2. The van der Waals surface area contributed by atoms with E-state index in [9.17, 15) is 28.1 Å². The minimum Gasteiger partial charge on any atom is -0.434 e. The number of esters is 1. The van der Waals surface area contributed by atoms with Gasteiger partial charge in [0.05, 0.1) is 4.92 Å². The largest absolute Gasteiger partial charge is 0.434 e. The van der Waals surface area contributed by atoms with Crippen LogP contribution in [0.2, 0.25) is 0 Å². The maximum atomic E-state index is 13.9. The van der Waals surface area contributed by atoms with Crippen LogP contribution in [0.3, 0.4) is 0 Å². The number of piperazine rings is 1. The zero-order valence-electron chi connectivity index (χ0n) is 23.9. The topological polar surface area (TPSA) is 151 Å². The first kappa shape index (κ1) is 29.9. The molecular weight excluding hydrogens is 586 g/mol. The summed E-state index contributed by atoms with van der Waals surface area (Å²) in [6.45, 7) is 0.641. The first-order chi connectivity index (χ1) is 21.2. The first-order valence-electron chi connectivity index (χ1n) is 14.6. The highest BCUT2D eigenvalue weighted by Gasteiger charge is 2.60. The van der Waals surface area contributed by atoms with Gasteiger partial charge in [0.15, 0.2) is 4.90 Å². The number of carbonyl (C=O) groups is 2. The van der Waals surface area contributed by atoms with Crippen molar-refractivity contribution in [3.05, 3.63) is 106 Å². The zero-order valence-corrected chi connectivity index (χ0v) is 24.7. The van der Waals surface area contributed by atoms with Gasteiger partial charge in [-0.15, -0.1) is 0 Å². The number of hydrogen-bond donors (Lipinski definition) is 2. The van der Waals surface area contributed by atoms with Crippen LogP contribution >= 0.6 is 0 Å². The molecule has 0 spiro atoms. The number of nitro groups is 1. The molecule has 2 heterocycles. The lowest BCUT2D eigenvalue weighted by Gasteiger charge is -2.44. The van der Waals surface area contributed by atoms with E-state index in [2.05, 4.69) is 10.6 Å². The predicted molar refractivity (Wildman–Crippen MR) is 160 cm³/mol. The van der Waals surface area contributed by atoms with E-state index in [1.165, 1.54) is 28.6 Å². The van der Waals surface area contributed by atoms with Gasteiger partial charge in [-0.2, -0.15) is 4.31 Å².